The number of hydrogen-bond donors (Lipinski definition) is 1. The highest BCUT2D eigenvalue weighted by molar-refractivity contribution is 6.05. The van der Waals surface area contributed by atoms with Crippen molar-refractivity contribution in [1.82, 2.24) is 4.90 Å². The van der Waals surface area contributed by atoms with Gasteiger partial charge in [0.15, 0.2) is 5.76 Å². The summed E-state index contributed by atoms with van der Waals surface area (Å²) in [5.41, 5.74) is 1.58. The van der Waals surface area contributed by atoms with Gasteiger partial charge in [-0.05, 0) is 17.9 Å². The summed E-state index contributed by atoms with van der Waals surface area (Å²) in [6.45, 7) is 4.85. The van der Waals surface area contributed by atoms with Gasteiger partial charge in [0.25, 0.3) is 5.91 Å². The number of nitrogens with zero attached hydrogens (tertiary/aromatic N) is 2. The molecule has 1 aliphatic heterocycles. The van der Waals surface area contributed by atoms with Gasteiger partial charge in [-0.2, -0.15) is 0 Å². The second kappa shape index (κ2) is 6.37. The maximum atomic E-state index is 11.8. The number of benzene rings is 1. The van der Waals surface area contributed by atoms with Gasteiger partial charge in [0.2, 0.25) is 0 Å². The average Bonchev–Trinajstić information content (AvgIpc) is 2.49. The van der Waals surface area contributed by atoms with Gasteiger partial charge in [0, 0.05) is 12.7 Å². The van der Waals surface area contributed by atoms with E-state index in [0.717, 1.165) is 5.56 Å². The number of allylic oxidation sites excluding steroid dienone is 1. The summed E-state index contributed by atoms with van der Waals surface area (Å²) in [6.07, 6.45) is 2.23. The summed E-state index contributed by atoms with van der Waals surface area (Å²) < 4.78 is 0. The van der Waals surface area contributed by atoms with E-state index in [1.54, 1.807) is 11.1 Å². The number of carbonyl (C=O) groups excluding carboxylic acids is 1. The van der Waals surface area contributed by atoms with Crippen LogP contribution in [-0.2, 0) is 11.3 Å². The van der Waals surface area contributed by atoms with Crippen molar-refractivity contribution in [3.05, 3.63) is 47.9 Å². The zero-order valence-corrected chi connectivity index (χ0v) is 11.9. The van der Waals surface area contributed by atoms with Gasteiger partial charge >= 0.3 is 0 Å². The number of rotatable bonds is 4. The zero-order chi connectivity index (χ0) is 14.5. The second-order valence-electron chi connectivity index (χ2n) is 5.46. The third-order valence-corrected chi connectivity index (χ3v) is 3.03. The van der Waals surface area contributed by atoms with E-state index in [1.165, 1.54) is 0 Å². The van der Waals surface area contributed by atoms with Crippen LogP contribution in [0.3, 0.4) is 0 Å². The highest BCUT2D eigenvalue weighted by atomic mass is 16.3. The third kappa shape index (κ3) is 3.95. The summed E-state index contributed by atoms with van der Waals surface area (Å²) in [7, 11) is 0. The van der Waals surface area contributed by atoms with Crippen LogP contribution in [0.2, 0.25) is 0 Å². The zero-order valence-electron chi connectivity index (χ0n) is 11.9. The number of aliphatic hydroxyl groups is 1. The predicted molar refractivity (Wildman–Crippen MR) is 79.5 cm³/mol. The fourth-order valence-electron chi connectivity index (χ4n) is 2.17. The van der Waals surface area contributed by atoms with E-state index in [-0.39, 0.29) is 18.2 Å². The van der Waals surface area contributed by atoms with Gasteiger partial charge in [-0.15, -0.1) is 0 Å². The molecule has 0 aliphatic carbocycles. The fraction of sp³-hybridized carbons (Fsp3) is 0.375. The lowest BCUT2D eigenvalue weighted by molar-refractivity contribution is -0.118. The van der Waals surface area contributed by atoms with Crippen molar-refractivity contribution in [3.63, 3.8) is 0 Å². The van der Waals surface area contributed by atoms with E-state index >= 15 is 0 Å². The van der Waals surface area contributed by atoms with Crippen LogP contribution in [0.25, 0.3) is 0 Å². The second-order valence-corrected chi connectivity index (χ2v) is 5.46. The third-order valence-electron chi connectivity index (χ3n) is 3.03. The number of aliphatic hydroxyl groups excluding tert-OH is 1. The Morgan fingerprint density at radius 2 is 2.00 bits per heavy atom. The number of amides is 1. The first kappa shape index (κ1) is 14.3. The summed E-state index contributed by atoms with van der Waals surface area (Å²) in [4.78, 5) is 17.6. The van der Waals surface area contributed by atoms with Crippen molar-refractivity contribution >= 4 is 11.6 Å². The van der Waals surface area contributed by atoms with Crippen LogP contribution in [0, 0.1) is 5.92 Å². The van der Waals surface area contributed by atoms with Crippen molar-refractivity contribution in [2.75, 3.05) is 6.54 Å². The molecule has 1 aliphatic rings. The summed E-state index contributed by atoms with van der Waals surface area (Å²) in [5.74, 6) is 0.232. The van der Waals surface area contributed by atoms with Crippen molar-refractivity contribution in [2.24, 2.45) is 10.9 Å². The lowest BCUT2D eigenvalue weighted by atomic mass is 10.1. The predicted octanol–water partition coefficient (Wildman–Crippen LogP) is 2.92. The molecular formula is C16H20N2O2. The molecule has 2 rings (SSSR count). The molecule has 0 saturated carbocycles. The smallest absolute Gasteiger partial charge is 0.265 e. The Kier molecular flexibility index (Phi) is 4.56. The molecule has 0 spiro atoms. The molecule has 0 saturated heterocycles. The topological polar surface area (TPSA) is 52.9 Å². The summed E-state index contributed by atoms with van der Waals surface area (Å²) >= 11 is 0. The van der Waals surface area contributed by atoms with Crippen LogP contribution in [0.1, 0.15) is 25.8 Å². The molecule has 1 amide bonds. The lowest BCUT2D eigenvalue weighted by Crippen LogP contribution is -2.22. The highest BCUT2D eigenvalue weighted by Crippen LogP contribution is 2.14. The SMILES string of the molecule is CC(C)CC1=NC(=O)CN(Cc2ccccc2)C=C1O. The fourth-order valence-corrected chi connectivity index (χ4v) is 2.17. The summed E-state index contributed by atoms with van der Waals surface area (Å²) in [5, 5.41) is 10.1. The van der Waals surface area contributed by atoms with E-state index in [9.17, 15) is 9.90 Å². The number of hydrogen-bond acceptors (Lipinski definition) is 3. The first-order valence-corrected chi connectivity index (χ1v) is 6.84. The van der Waals surface area contributed by atoms with Crippen LogP contribution in [0.5, 0.6) is 0 Å². The van der Waals surface area contributed by atoms with Crippen LogP contribution >= 0.6 is 0 Å². The van der Waals surface area contributed by atoms with E-state index < -0.39 is 0 Å². The Morgan fingerprint density at radius 3 is 2.65 bits per heavy atom. The maximum Gasteiger partial charge on any atom is 0.265 e. The first-order valence-electron chi connectivity index (χ1n) is 6.84. The van der Waals surface area contributed by atoms with Crippen LogP contribution in [0.4, 0.5) is 0 Å². The van der Waals surface area contributed by atoms with Crippen LogP contribution in [-0.4, -0.2) is 28.2 Å². The minimum Gasteiger partial charge on any atom is -0.505 e. The molecule has 1 N–H and O–H groups in total. The van der Waals surface area contributed by atoms with Gasteiger partial charge < -0.3 is 10.0 Å². The van der Waals surface area contributed by atoms with E-state index in [4.69, 9.17) is 0 Å². The molecule has 0 atom stereocenters. The highest BCUT2D eigenvalue weighted by Gasteiger charge is 2.18. The van der Waals surface area contributed by atoms with Crippen molar-refractivity contribution < 1.29 is 9.90 Å². The van der Waals surface area contributed by atoms with E-state index in [2.05, 4.69) is 4.99 Å². The standard InChI is InChI=1S/C16H20N2O2/c1-12(2)8-14-15(19)10-18(11-16(20)17-14)9-13-6-4-3-5-7-13/h3-7,10,12,19H,8-9,11H2,1-2H3. The van der Waals surface area contributed by atoms with Gasteiger partial charge in [-0.1, -0.05) is 44.2 Å². The normalized spacial score (nSPS) is 15.9. The van der Waals surface area contributed by atoms with E-state index in [0.29, 0.717) is 24.6 Å². The van der Waals surface area contributed by atoms with Crippen molar-refractivity contribution in [2.45, 2.75) is 26.8 Å². The molecule has 0 unspecified atom stereocenters. The van der Waals surface area contributed by atoms with Crippen LogP contribution < -0.4 is 0 Å². The minimum atomic E-state index is -0.211. The van der Waals surface area contributed by atoms with Crippen molar-refractivity contribution in [3.8, 4) is 0 Å². The molecule has 106 valence electrons. The first-order chi connectivity index (χ1) is 9.54. The van der Waals surface area contributed by atoms with Gasteiger partial charge in [-0.25, -0.2) is 4.99 Å². The molecule has 0 bridgehead atoms. The van der Waals surface area contributed by atoms with Gasteiger partial charge in [-0.3, -0.25) is 4.79 Å². The molecule has 0 fully saturated rings. The largest absolute Gasteiger partial charge is 0.505 e. The Labute approximate surface area is 119 Å². The molecule has 1 heterocycles. The number of carbonyl (C=O) groups is 1. The summed E-state index contributed by atoms with van der Waals surface area (Å²) in [6, 6.07) is 9.86. The Bertz CT molecular complexity index is 533. The van der Waals surface area contributed by atoms with Crippen LogP contribution in [0.15, 0.2) is 47.3 Å². The number of aliphatic imine (C=N–C) groups is 1. The van der Waals surface area contributed by atoms with Gasteiger partial charge in [0.1, 0.15) is 0 Å². The monoisotopic (exact) mass is 272 g/mol. The molecule has 1 aromatic carbocycles. The van der Waals surface area contributed by atoms with Gasteiger partial charge in [0.05, 0.1) is 12.3 Å². The molecule has 20 heavy (non-hydrogen) atoms. The Balaban J connectivity index is 2.14. The molecule has 0 radical (unpaired) electrons. The van der Waals surface area contributed by atoms with E-state index in [1.807, 2.05) is 44.2 Å². The Hall–Kier alpha value is -2.10. The quantitative estimate of drug-likeness (QED) is 0.917. The molecule has 1 aromatic rings. The average molecular weight is 272 g/mol. The minimum absolute atomic E-state index is 0.0977. The molecule has 4 heteroatoms. The molecule has 4 nitrogen and oxygen atoms in total. The Morgan fingerprint density at radius 1 is 1.30 bits per heavy atom. The molecular weight excluding hydrogens is 252 g/mol. The molecule has 0 aromatic heterocycles. The van der Waals surface area contributed by atoms with Crippen molar-refractivity contribution in [1.29, 1.82) is 0 Å². The maximum absolute atomic E-state index is 11.8. The lowest BCUT2D eigenvalue weighted by Gasteiger charge is -2.17.